The molecular weight excluding hydrogens is 256 g/mol. The average Bonchev–Trinajstić information content (AvgIpc) is 2.98. The lowest BCUT2D eigenvalue weighted by Gasteiger charge is -2.24. The maximum atomic E-state index is 10.9. The van der Waals surface area contributed by atoms with Crippen molar-refractivity contribution in [2.75, 3.05) is 11.9 Å². The van der Waals surface area contributed by atoms with E-state index < -0.39 is 4.92 Å². The number of nitrogens with zero attached hydrogens (tertiary/aromatic N) is 2. The normalized spacial score (nSPS) is 16.6. The lowest BCUT2D eigenvalue weighted by Crippen LogP contribution is -2.35. The Hall–Kier alpha value is -2.13. The molecule has 1 aliphatic carbocycles. The van der Waals surface area contributed by atoms with Crippen molar-refractivity contribution in [1.29, 1.82) is 5.26 Å². The van der Waals surface area contributed by atoms with Gasteiger partial charge >= 0.3 is 0 Å². The van der Waals surface area contributed by atoms with E-state index in [0.29, 0.717) is 18.2 Å². The monoisotopic (exact) mass is 274 g/mol. The first kappa shape index (κ1) is 14.3. The molecule has 1 aromatic rings. The second kappa shape index (κ2) is 6.35. The molecule has 0 spiro atoms. The van der Waals surface area contributed by atoms with E-state index in [4.69, 9.17) is 11.0 Å². The van der Waals surface area contributed by atoms with Crippen molar-refractivity contribution < 1.29 is 4.92 Å². The van der Waals surface area contributed by atoms with Gasteiger partial charge in [-0.15, -0.1) is 0 Å². The molecule has 1 fully saturated rings. The highest BCUT2D eigenvalue weighted by Crippen LogP contribution is 2.30. The molecule has 0 aliphatic heterocycles. The number of hydrogen-bond donors (Lipinski definition) is 2. The molecule has 20 heavy (non-hydrogen) atoms. The number of rotatable bonds is 5. The summed E-state index contributed by atoms with van der Waals surface area (Å²) < 4.78 is 0. The van der Waals surface area contributed by atoms with Crippen LogP contribution < -0.4 is 11.1 Å². The molecule has 2 rings (SSSR count). The fourth-order valence-corrected chi connectivity index (χ4v) is 2.81. The predicted molar refractivity (Wildman–Crippen MR) is 76.2 cm³/mol. The standard InChI is InChI=1S/C14H18N4O2/c15-8-11-5-6-12(7-14(11)18(19)20)17-13(9-16)10-3-1-2-4-10/h5-7,10,13,17H,1-4,9,16H2. The minimum atomic E-state index is -0.531. The zero-order valence-corrected chi connectivity index (χ0v) is 11.2. The van der Waals surface area contributed by atoms with Gasteiger partial charge in [0.05, 0.1) is 4.92 Å². The third-order valence-electron chi connectivity index (χ3n) is 3.89. The third-order valence-corrected chi connectivity index (χ3v) is 3.89. The van der Waals surface area contributed by atoms with E-state index >= 15 is 0 Å². The summed E-state index contributed by atoms with van der Waals surface area (Å²) in [6, 6.07) is 6.55. The number of nitro groups is 1. The quantitative estimate of drug-likeness (QED) is 0.633. The van der Waals surface area contributed by atoms with Crippen molar-refractivity contribution >= 4 is 11.4 Å². The largest absolute Gasteiger partial charge is 0.381 e. The van der Waals surface area contributed by atoms with Crippen LogP contribution >= 0.6 is 0 Å². The molecule has 1 saturated carbocycles. The van der Waals surface area contributed by atoms with Crippen LogP contribution in [-0.2, 0) is 0 Å². The summed E-state index contributed by atoms with van der Waals surface area (Å²) in [5, 5.41) is 23.1. The van der Waals surface area contributed by atoms with Crippen LogP contribution in [0.4, 0.5) is 11.4 Å². The highest BCUT2D eigenvalue weighted by atomic mass is 16.6. The molecule has 0 aromatic heterocycles. The fraction of sp³-hybridized carbons (Fsp3) is 0.500. The smallest absolute Gasteiger partial charge is 0.289 e. The maximum absolute atomic E-state index is 10.9. The van der Waals surface area contributed by atoms with Crippen LogP contribution in [-0.4, -0.2) is 17.5 Å². The highest BCUT2D eigenvalue weighted by molar-refractivity contribution is 5.59. The van der Waals surface area contributed by atoms with Crippen LogP contribution in [0.5, 0.6) is 0 Å². The zero-order valence-electron chi connectivity index (χ0n) is 11.2. The number of benzene rings is 1. The van der Waals surface area contributed by atoms with Crippen LogP contribution in [0.1, 0.15) is 31.2 Å². The molecule has 0 saturated heterocycles. The second-order valence-electron chi connectivity index (χ2n) is 5.13. The van der Waals surface area contributed by atoms with Gasteiger partial charge in [-0.05, 0) is 30.9 Å². The fourth-order valence-electron chi connectivity index (χ4n) is 2.81. The minimum Gasteiger partial charge on any atom is -0.381 e. The van der Waals surface area contributed by atoms with Crippen molar-refractivity contribution in [3.63, 3.8) is 0 Å². The van der Waals surface area contributed by atoms with Crippen molar-refractivity contribution in [1.82, 2.24) is 0 Å². The Morgan fingerprint density at radius 1 is 1.50 bits per heavy atom. The van der Waals surface area contributed by atoms with Crippen LogP contribution in [0.2, 0.25) is 0 Å². The van der Waals surface area contributed by atoms with Gasteiger partial charge in [0, 0.05) is 24.3 Å². The lowest BCUT2D eigenvalue weighted by atomic mass is 9.98. The number of hydrogen-bond acceptors (Lipinski definition) is 5. The molecule has 3 N–H and O–H groups in total. The van der Waals surface area contributed by atoms with Crippen LogP contribution in [0.25, 0.3) is 0 Å². The molecule has 0 amide bonds. The summed E-state index contributed by atoms with van der Waals surface area (Å²) in [5.41, 5.74) is 6.36. The van der Waals surface area contributed by atoms with Gasteiger partial charge in [-0.1, -0.05) is 12.8 Å². The molecule has 1 aliphatic rings. The van der Waals surface area contributed by atoms with E-state index in [0.717, 1.165) is 12.8 Å². The van der Waals surface area contributed by atoms with E-state index in [1.165, 1.54) is 25.0 Å². The van der Waals surface area contributed by atoms with Gasteiger partial charge in [-0.2, -0.15) is 5.26 Å². The number of nitriles is 1. The molecule has 106 valence electrons. The van der Waals surface area contributed by atoms with Gasteiger partial charge in [-0.25, -0.2) is 0 Å². The Morgan fingerprint density at radius 3 is 2.75 bits per heavy atom. The van der Waals surface area contributed by atoms with Crippen molar-refractivity contribution in [3.8, 4) is 6.07 Å². The van der Waals surface area contributed by atoms with E-state index in [9.17, 15) is 10.1 Å². The first-order valence-corrected chi connectivity index (χ1v) is 6.81. The van der Waals surface area contributed by atoms with E-state index in [1.54, 1.807) is 6.07 Å². The Morgan fingerprint density at radius 2 is 2.20 bits per heavy atom. The predicted octanol–water partition coefficient (Wildman–Crippen LogP) is 2.40. The molecule has 6 heteroatoms. The third kappa shape index (κ3) is 3.06. The maximum Gasteiger partial charge on any atom is 0.289 e. The van der Waals surface area contributed by atoms with Gasteiger partial charge in [0.15, 0.2) is 0 Å². The summed E-state index contributed by atoms with van der Waals surface area (Å²) in [6.07, 6.45) is 4.73. The van der Waals surface area contributed by atoms with Crippen molar-refractivity contribution in [2.45, 2.75) is 31.7 Å². The SMILES string of the molecule is N#Cc1ccc(NC(CN)C2CCCC2)cc1[N+](=O)[O-]. The summed E-state index contributed by atoms with van der Waals surface area (Å²) in [6.45, 7) is 0.498. The lowest BCUT2D eigenvalue weighted by molar-refractivity contribution is -0.385. The summed E-state index contributed by atoms with van der Waals surface area (Å²) in [4.78, 5) is 10.4. The van der Waals surface area contributed by atoms with E-state index in [1.807, 2.05) is 6.07 Å². The second-order valence-corrected chi connectivity index (χ2v) is 5.13. The summed E-state index contributed by atoms with van der Waals surface area (Å²) >= 11 is 0. The molecule has 0 radical (unpaired) electrons. The molecule has 6 nitrogen and oxygen atoms in total. The van der Waals surface area contributed by atoms with Crippen molar-refractivity contribution in [3.05, 3.63) is 33.9 Å². The Bertz CT molecular complexity index is 532. The summed E-state index contributed by atoms with van der Waals surface area (Å²) in [5.74, 6) is 0.523. The zero-order chi connectivity index (χ0) is 14.5. The first-order valence-electron chi connectivity index (χ1n) is 6.81. The molecule has 0 bridgehead atoms. The highest BCUT2D eigenvalue weighted by Gasteiger charge is 2.24. The van der Waals surface area contributed by atoms with Crippen LogP contribution in [0.15, 0.2) is 18.2 Å². The number of nitro benzene ring substituents is 1. The molecular formula is C14H18N4O2. The molecule has 1 unspecified atom stereocenters. The minimum absolute atomic E-state index is 0.0747. The van der Waals surface area contributed by atoms with Crippen LogP contribution in [0.3, 0.4) is 0 Å². The Kier molecular flexibility index (Phi) is 4.53. The average molecular weight is 274 g/mol. The van der Waals surface area contributed by atoms with Crippen LogP contribution in [0, 0.1) is 27.4 Å². The number of nitrogens with one attached hydrogen (secondary N) is 1. The number of anilines is 1. The first-order chi connectivity index (χ1) is 9.65. The van der Waals surface area contributed by atoms with E-state index in [2.05, 4.69) is 5.32 Å². The molecule has 1 aromatic carbocycles. The Labute approximate surface area is 117 Å². The van der Waals surface area contributed by atoms with Crippen molar-refractivity contribution in [2.24, 2.45) is 11.7 Å². The Balaban J connectivity index is 2.18. The topological polar surface area (TPSA) is 105 Å². The van der Waals surface area contributed by atoms with Gasteiger partial charge < -0.3 is 11.1 Å². The molecule has 0 heterocycles. The van der Waals surface area contributed by atoms with Gasteiger partial charge in [0.2, 0.25) is 0 Å². The van der Waals surface area contributed by atoms with Gasteiger partial charge in [0.25, 0.3) is 5.69 Å². The molecule has 1 atom stereocenters. The summed E-state index contributed by atoms with van der Waals surface area (Å²) in [7, 11) is 0. The van der Waals surface area contributed by atoms with E-state index in [-0.39, 0.29) is 17.3 Å². The van der Waals surface area contributed by atoms with Gasteiger partial charge in [-0.3, -0.25) is 10.1 Å². The van der Waals surface area contributed by atoms with Gasteiger partial charge in [0.1, 0.15) is 11.6 Å². The number of nitrogens with two attached hydrogens (primary N) is 1.